The van der Waals surface area contributed by atoms with Crippen molar-refractivity contribution in [2.75, 3.05) is 24.7 Å². The first-order valence-corrected chi connectivity index (χ1v) is 15.5. The lowest BCUT2D eigenvalue weighted by atomic mass is 9.74. The van der Waals surface area contributed by atoms with Gasteiger partial charge in [-0.2, -0.15) is 0 Å². The number of esters is 1. The maximum atomic E-state index is 14.9. The van der Waals surface area contributed by atoms with Crippen LogP contribution in [0.2, 0.25) is 0 Å². The maximum absolute atomic E-state index is 14.9. The van der Waals surface area contributed by atoms with Crippen LogP contribution in [0, 0.1) is 25.7 Å². The van der Waals surface area contributed by atoms with Crippen molar-refractivity contribution in [3.05, 3.63) is 89.5 Å². The smallest absolute Gasteiger partial charge is 0.306 e. The SMILES string of the molecule is Cc1cccc(C)c1N1C/C=C\CCC(=O)OC[C@@H](c2ccccc2)NC(=O)[C@@H]2[C@@H]3C=C[C@]4(O3)[C@H](C1=O)N([C@H](C)CO)C(=O)[C@@H]24. The molecule has 2 aromatic rings. The van der Waals surface area contributed by atoms with Crippen LogP contribution in [0.4, 0.5) is 5.69 Å². The van der Waals surface area contributed by atoms with Crippen molar-refractivity contribution < 1.29 is 33.8 Å². The summed E-state index contributed by atoms with van der Waals surface area (Å²) in [5.74, 6) is -3.54. The molecule has 236 valence electrons. The minimum absolute atomic E-state index is 0.0781. The quantitative estimate of drug-likeness (QED) is 0.401. The summed E-state index contributed by atoms with van der Waals surface area (Å²) >= 11 is 0. The van der Waals surface area contributed by atoms with Gasteiger partial charge in [-0.05, 0) is 43.9 Å². The highest BCUT2D eigenvalue weighted by Crippen LogP contribution is 2.56. The highest BCUT2D eigenvalue weighted by Gasteiger charge is 2.73. The Morgan fingerprint density at radius 3 is 2.44 bits per heavy atom. The Morgan fingerprint density at radius 2 is 1.73 bits per heavy atom. The number of fused-ring (bicyclic) bond motifs is 2. The van der Waals surface area contributed by atoms with Crippen LogP contribution in [0.3, 0.4) is 0 Å². The van der Waals surface area contributed by atoms with Gasteiger partial charge < -0.3 is 29.7 Å². The number of likely N-dealkylation sites (tertiary alicyclic amines) is 1. The molecule has 45 heavy (non-hydrogen) atoms. The molecule has 0 unspecified atom stereocenters. The van der Waals surface area contributed by atoms with Crippen molar-refractivity contribution in [1.29, 1.82) is 0 Å². The lowest BCUT2D eigenvalue weighted by molar-refractivity contribution is -0.146. The predicted octanol–water partition coefficient (Wildman–Crippen LogP) is 2.92. The summed E-state index contributed by atoms with van der Waals surface area (Å²) in [5, 5.41) is 13.3. The van der Waals surface area contributed by atoms with Gasteiger partial charge in [-0.3, -0.25) is 19.2 Å². The number of amides is 3. The highest BCUT2D eigenvalue weighted by atomic mass is 16.5. The third-order valence-electron chi connectivity index (χ3n) is 9.46. The third kappa shape index (κ3) is 5.25. The molecule has 2 saturated heterocycles. The van der Waals surface area contributed by atoms with Crippen LogP contribution in [-0.2, 0) is 28.7 Å². The van der Waals surface area contributed by atoms with Crippen LogP contribution in [0.1, 0.15) is 42.5 Å². The van der Waals surface area contributed by atoms with Gasteiger partial charge in [-0.25, -0.2) is 0 Å². The average molecular weight is 614 g/mol. The fourth-order valence-corrected chi connectivity index (χ4v) is 7.34. The van der Waals surface area contributed by atoms with Crippen LogP contribution >= 0.6 is 0 Å². The number of nitrogens with one attached hydrogen (secondary N) is 1. The molecule has 4 aliphatic rings. The number of benzene rings is 2. The van der Waals surface area contributed by atoms with Crippen LogP contribution in [-0.4, -0.2) is 77.2 Å². The molecule has 2 N–H and O–H groups in total. The van der Waals surface area contributed by atoms with Crippen molar-refractivity contribution >= 4 is 29.4 Å². The first-order valence-electron chi connectivity index (χ1n) is 15.5. The monoisotopic (exact) mass is 613 g/mol. The number of aryl methyl sites for hydroxylation is 2. The molecule has 1 spiro atoms. The fraction of sp³-hybridized carbons (Fsp3) is 0.429. The number of rotatable bonds is 4. The van der Waals surface area contributed by atoms with E-state index in [2.05, 4.69) is 5.32 Å². The van der Waals surface area contributed by atoms with Crippen molar-refractivity contribution in [3.63, 3.8) is 0 Å². The summed E-state index contributed by atoms with van der Waals surface area (Å²) < 4.78 is 12.1. The topological polar surface area (TPSA) is 125 Å². The van der Waals surface area contributed by atoms with Gasteiger partial charge in [0.2, 0.25) is 11.8 Å². The van der Waals surface area contributed by atoms with Gasteiger partial charge in [0.05, 0.1) is 36.6 Å². The number of carbonyl (C=O) groups is 4. The third-order valence-corrected chi connectivity index (χ3v) is 9.46. The molecule has 7 atom stereocenters. The van der Waals surface area contributed by atoms with Gasteiger partial charge in [0.15, 0.2) is 0 Å². The first kappa shape index (κ1) is 30.7. The zero-order valence-electron chi connectivity index (χ0n) is 25.7. The molecule has 6 rings (SSSR count). The lowest BCUT2D eigenvalue weighted by Gasteiger charge is -2.38. The van der Waals surface area contributed by atoms with Gasteiger partial charge in [-0.1, -0.05) is 72.8 Å². The molecular formula is C35H39N3O7. The largest absolute Gasteiger partial charge is 0.463 e. The number of para-hydroxylation sites is 1. The van der Waals surface area contributed by atoms with Crippen LogP contribution in [0.25, 0.3) is 0 Å². The number of carbonyl (C=O) groups excluding carboxylic acids is 4. The minimum Gasteiger partial charge on any atom is -0.463 e. The molecule has 10 heteroatoms. The number of allylic oxidation sites excluding steroid dienone is 1. The average Bonchev–Trinajstić information content (AvgIpc) is 3.68. The number of ether oxygens (including phenoxy) is 2. The summed E-state index contributed by atoms with van der Waals surface area (Å²) in [4.78, 5) is 59.1. The molecule has 4 heterocycles. The van der Waals surface area contributed by atoms with Gasteiger partial charge in [0.1, 0.15) is 18.2 Å². The Morgan fingerprint density at radius 1 is 1.00 bits per heavy atom. The van der Waals surface area contributed by atoms with Gasteiger partial charge in [0.25, 0.3) is 5.91 Å². The van der Waals surface area contributed by atoms with Gasteiger partial charge in [0, 0.05) is 18.7 Å². The number of hydrogen-bond acceptors (Lipinski definition) is 7. The van der Waals surface area contributed by atoms with E-state index in [9.17, 15) is 24.3 Å². The van der Waals surface area contributed by atoms with E-state index in [1.807, 2.05) is 74.5 Å². The van der Waals surface area contributed by atoms with Crippen LogP contribution < -0.4 is 10.2 Å². The molecular weight excluding hydrogens is 574 g/mol. The number of nitrogens with zero attached hydrogens (tertiary/aromatic N) is 2. The number of cyclic esters (lactones) is 1. The molecule has 4 aliphatic heterocycles. The molecule has 0 saturated carbocycles. The summed E-state index contributed by atoms with van der Waals surface area (Å²) in [6.07, 6.45) is 7.00. The van der Waals surface area contributed by atoms with Crippen molar-refractivity contribution in [2.24, 2.45) is 11.8 Å². The minimum atomic E-state index is -1.40. The van der Waals surface area contributed by atoms with Crippen LogP contribution in [0.5, 0.6) is 0 Å². The Kier molecular flexibility index (Phi) is 8.37. The summed E-state index contributed by atoms with van der Waals surface area (Å²) in [5.41, 5.74) is 1.82. The normalized spacial score (nSPS) is 31.5. The zero-order chi connectivity index (χ0) is 31.9. The van der Waals surface area contributed by atoms with Gasteiger partial charge in [-0.15, -0.1) is 0 Å². The first-order chi connectivity index (χ1) is 21.7. The second-order valence-corrected chi connectivity index (χ2v) is 12.3. The summed E-state index contributed by atoms with van der Waals surface area (Å²) in [6.45, 7) is 5.27. The Bertz CT molecular complexity index is 1540. The molecule has 0 aromatic heterocycles. The molecule has 2 fully saturated rings. The molecule has 2 aromatic carbocycles. The van der Waals surface area contributed by atoms with Crippen molar-refractivity contribution in [3.8, 4) is 0 Å². The number of hydrogen-bond donors (Lipinski definition) is 2. The zero-order valence-corrected chi connectivity index (χ0v) is 25.7. The van der Waals surface area contributed by atoms with E-state index in [0.29, 0.717) is 12.1 Å². The van der Waals surface area contributed by atoms with Crippen LogP contribution in [0.15, 0.2) is 72.8 Å². The Hall–Kier alpha value is -4.28. The Labute approximate surface area is 262 Å². The summed E-state index contributed by atoms with van der Waals surface area (Å²) in [6, 6.07) is 12.5. The predicted molar refractivity (Wildman–Crippen MR) is 166 cm³/mol. The molecule has 10 nitrogen and oxygen atoms in total. The van der Waals surface area contributed by atoms with E-state index < -0.39 is 59.5 Å². The standard InChI is InChI=1S/C35H39N3O7/c1-21-11-10-12-22(2)30(21)37-18-9-5-8-15-27(40)44-20-25(24-13-6-4-7-14-24)36-32(41)28-26-16-17-35(45-26)29(28)33(42)38(23(3)19-39)31(35)34(37)43/h4-7,9-14,16-17,23,25-26,28-29,31,39H,8,15,18-20H2,1-3H3,(H,36,41)/b9-5-/t23-,25+,26+,28-,29-,31+,35-/m1/s1. The van der Waals surface area contributed by atoms with E-state index in [1.54, 1.807) is 24.0 Å². The number of aliphatic hydroxyl groups is 1. The van der Waals surface area contributed by atoms with E-state index in [-0.39, 0.29) is 32.1 Å². The molecule has 5 bridgehead atoms. The van der Waals surface area contributed by atoms with E-state index in [1.165, 1.54) is 4.90 Å². The second-order valence-electron chi connectivity index (χ2n) is 12.3. The number of anilines is 1. The second kappa shape index (κ2) is 12.3. The molecule has 0 radical (unpaired) electrons. The highest BCUT2D eigenvalue weighted by molar-refractivity contribution is 6.06. The number of aliphatic hydroxyl groups excluding tert-OH is 1. The van der Waals surface area contributed by atoms with E-state index >= 15 is 0 Å². The maximum Gasteiger partial charge on any atom is 0.306 e. The van der Waals surface area contributed by atoms with Crippen molar-refractivity contribution in [2.45, 2.75) is 63.4 Å². The summed E-state index contributed by atoms with van der Waals surface area (Å²) in [7, 11) is 0. The van der Waals surface area contributed by atoms with E-state index in [0.717, 1.165) is 16.7 Å². The lowest BCUT2D eigenvalue weighted by Crippen LogP contribution is -2.58. The van der Waals surface area contributed by atoms with E-state index in [4.69, 9.17) is 9.47 Å². The van der Waals surface area contributed by atoms with Crippen molar-refractivity contribution in [1.82, 2.24) is 10.2 Å². The molecule has 0 aliphatic carbocycles. The van der Waals surface area contributed by atoms with Gasteiger partial charge >= 0.3 is 5.97 Å². The Balaban J connectivity index is 1.46. The molecule has 3 amide bonds. The fourth-order valence-electron chi connectivity index (χ4n) is 7.34.